The van der Waals surface area contributed by atoms with E-state index in [0.717, 1.165) is 11.3 Å². The van der Waals surface area contributed by atoms with Crippen molar-refractivity contribution >= 4 is 51.7 Å². The first kappa shape index (κ1) is 19.6. The third-order valence-electron chi connectivity index (χ3n) is 2.87. The van der Waals surface area contributed by atoms with E-state index in [2.05, 4.69) is 20.3 Å². The Morgan fingerprint density at radius 3 is 2.76 bits per heavy atom. The van der Waals surface area contributed by atoms with Crippen molar-refractivity contribution in [2.24, 2.45) is 5.92 Å². The molecular formula is C15H17ClN4O3S2. The SMILES string of the molecule is CSc1ncc(Cl)c(C(=O)Nc2nc(C)c(C(=O)OCC(C)C)s2)n1. The van der Waals surface area contributed by atoms with Gasteiger partial charge < -0.3 is 4.74 Å². The molecule has 2 rings (SSSR count). The van der Waals surface area contributed by atoms with Crippen LogP contribution in [0, 0.1) is 12.8 Å². The molecule has 0 bridgehead atoms. The van der Waals surface area contributed by atoms with Crippen molar-refractivity contribution < 1.29 is 14.3 Å². The third kappa shape index (κ3) is 5.13. The van der Waals surface area contributed by atoms with E-state index < -0.39 is 11.9 Å². The summed E-state index contributed by atoms with van der Waals surface area (Å²) in [7, 11) is 0. The lowest BCUT2D eigenvalue weighted by atomic mass is 10.2. The van der Waals surface area contributed by atoms with Crippen molar-refractivity contribution in [2.75, 3.05) is 18.2 Å². The number of anilines is 1. The molecule has 0 atom stereocenters. The summed E-state index contributed by atoms with van der Waals surface area (Å²) >= 11 is 8.33. The van der Waals surface area contributed by atoms with E-state index in [4.69, 9.17) is 16.3 Å². The molecule has 2 aromatic heterocycles. The second kappa shape index (κ2) is 8.59. The smallest absolute Gasteiger partial charge is 0.350 e. The number of hydrogen-bond donors (Lipinski definition) is 1. The van der Waals surface area contributed by atoms with Gasteiger partial charge in [-0.2, -0.15) is 0 Å². The average molecular weight is 401 g/mol. The Morgan fingerprint density at radius 2 is 2.12 bits per heavy atom. The van der Waals surface area contributed by atoms with Crippen LogP contribution in [0.15, 0.2) is 11.4 Å². The van der Waals surface area contributed by atoms with Gasteiger partial charge in [-0.1, -0.05) is 48.5 Å². The first-order valence-corrected chi connectivity index (χ1v) is 9.76. The molecule has 0 aliphatic carbocycles. The van der Waals surface area contributed by atoms with Gasteiger partial charge in [0.25, 0.3) is 5.91 Å². The second-order valence-corrected chi connectivity index (χ2v) is 7.61. The number of aryl methyl sites for hydroxylation is 1. The van der Waals surface area contributed by atoms with Crippen LogP contribution in [0.5, 0.6) is 0 Å². The molecule has 134 valence electrons. The first-order chi connectivity index (χ1) is 11.8. The molecule has 7 nitrogen and oxygen atoms in total. The number of carbonyl (C=O) groups excluding carboxylic acids is 2. The number of halogens is 1. The molecule has 0 saturated heterocycles. The van der Waals surface area contributed by atoms with Crippen molar-refractivity contribution in [3.05, 3.63) is 27.5 Å². The van der Waals surface area contributed by atoms with Gasteiger partial charge in [-0.3, -0.25) is 10.1 Å². The zero-order valence-corrected chi connectivity index (χ0v) is 16.5. The van der Waals surface area contributed by atoms with Crippen LogP contribution in [0.25, 0.3) is 0 Å². The molecular weight excluding hydrogens is 384 g/mol. The van der Waals surface area contributed by atoms with E-state index in [1.807, 2.05) is 13.8 Å². The van der Waals surface area contributed by atoms with E-state index >= 15 is 0 Å². The number of aromatic nitrogens is 3. The van der Waals surface area contributed by atoms with Crippen LogP contribution in [0.2, 0.25) is 5.02 Å². The van der Waals surface area contributed by atoms with Crippen LogP contribution < -0.4 is 5.32 Å². The minimum Gasteiger partial charge on any atom is -0.461 e. The lowest BCUT2D eigenvalue weighted by molar-refractivity contribution is 0.0463. The molecule has 1 N–H and O–H groups in total. The summed E-state index contributed by atoms with van der Waals surface area (Å²) in [6, 6.07) is 0. The first-order valence-electron chi connectivity index (χ1n) is 7.34. The van der Waals surface area contributed by atoms with Crippen molar-refractivity contribution in [1.29, 1.82) is 0 Å². The van der Waals surface area contributed by atoms with Crippen molar-refractivity contribution in [3.63, 3.8) is 0 Å². The Morgan fingerprint density at radius 1 is 1.40 bits per heavy atom. The lowest BCUT2D eigenvalue weighted by Crippen LogP contribution is -2.15. The minimum atomic E-state index is -0.515. The van der Waals surface area contributed by atoms with E-state index in [0.29, 0.717) is 22.3 Å². The normalized spacial score (nSPS) is 10.8. The van der Waals surface area contributed by atoms with Crippen LogP contribution in [0.3, 0.4) is 0 Å². The molecule has 10 heteroatoms. The summed E-state index contributed by atoms with van der Waals surface area (Å²) in [6.07, 6.45) is 3.17. The minimum absolute atomic E-state index is 0.0535. The van der Waals surface area contributed by atoms with Gasteiger partial charge in [-0.05, 0) is 19.1 Å². The Balaban J connectivity index is 2.14. The fourth-order valence-electron chi connectivity index (χ4n) is 1.71. The zero-order chi connectivity index (χ0) is 18.6. The van der Waals surface area contributed by atoms with Gasteiger partial charge in [0.05, 0.1) is 23.5 Å². The summed E-state index contributed by atoms with van der Waals surface area (Å²) in [5.41, 5.74) is 0.547. The van der Waals surface area contributed by atoms with Crippen molar-refractivity contribution in [3.8, 4) is 0 Å². The predicted octanol–water partition coefficient (Wildman–Crippen LogP) is 3.68. The number of rotatable bonds is 6. The van der Waals surface area contributed by atoms with Gasteiger partial charge >= 0.3 is 5.97 Å². The maximum absolute atomic E-state index is 12.4. The van der Waals surface area contributed by atoms with Crippen LogP contribution >= 0.6 is 34.7 Å². The number of hydrogen-bond acceptors (Lipinski definition) is 8. The molecule has 0 spiro atoms. The Bertz CT molecular complexity index is 795. The number of thiazole rings is 1. The molecule has 0 aliphatic rings. The summed E-state index contributed by atoms with van der Waals surface area (Å²) < 4.78 is 5.20. The number of nitrogens with one attached hydrogen (secondary N) is 1. The van der Waals surface area contributed by atoms with Crippen LogP contribution in [-0.2, 0) is 4.74 Å². The summed E-state index contributed by atoms with van der Waals surface area (Å²) in [5, 5.41) is 3.46. The van der Waals surface area contributed by atoms with Crippen LogP contribution in [-0.4, -0.2) is 39.7 Å². The standard InChI is InChI=1S/C15H17ClN4O3S2/c1-7(2)6-23-13(22)11-8(3)18-15(25-11)20-12(21)10-9(16)5-17-14(19-10)24-4/h5,7H,6H2,1-4H3,(H,18,20,21). The number of nitrogens with zero attached hydrogens (tertiary/aromatic N) is 3. The number of amides is 1. The summed E-state index contributed by atoms with van der Waals surface area (Å²) in [5.74, 6) is -0.727. The van der Waals surface area contributed by atoms with E-state index in [1.165, 1.54) is 18.0 Å². The predicted molar refractivity (Wildman–Crippen MR) is 98.7 cm³/mol. The summed E-state index contributed by atoms with van der Waals surface area (Å²) in [4.78, 5) is 37.1. The highest BCUT2D eigenvalue weighted by atomic mass is 35.5. The molecule has 0 radical (unpaired) electrons. The fraction of sp³-hybridized carbons (Fsp3) is 0.400. The summed E-state index contributed by atoms with van der Waals surface area (Å²) in [6.45, 7) is 5.91. The zero-order valence-electron chi connectivity index (χ0n) is 14.1. The Hall–Kier alpha value is -1.71. The van der Waals surface area contributed by atoms with Gasteiger partial charge in [0, 0.05) is 0 Å². The van der Waals surface area contributed by atoms with Crippen molar-refractivity contribution in [2.45, 2.75) is 25.9 Å². The van der Waals surface area contributed by atoms with Crippen LogP contribution in [0.1, 0.15) is 39.7 Å². The number of esters is 1. The highest BCUT2D eigenvalue weighted by Gasteiger charge is 2.20. The maximum atomic E-state index is 12.4. The van der Waals surface area contributed by atoms with Crippen LogP contribution in [0.4, 0.5) is 5.13 Å². The van der Waals surface area contributed by atoms with Crippen molar-refractivity contribution in [1.82, 2.24) is 15.0 Å². The highest BCUT2D eigenvalue weighted by molar-refractivity contribution is 7.98. The molecule has 0 fully saturated rings. The van der Waals surface area contributed by atoms with E-state index in [1.54, 1.807) is 13.2 Å². The molecule has 0 unspecified atom stereocenters. The molecule has 25 heavy (non-hydrogen) atoms. The van der Waals surface area contributed by atoms with Gasteiger partial charge in [-0.25, -0.2) is 19.7 Å². The Labute approximate surface area is 158 Å². The quantitative estimate of drug-likeness (QED) is 0.449. The number of carbonyl (C=O) groups is 2. The largest absolute Gasteiger partial charge is 0.461 e. The van der Waals surface area contributed by atoms with Gasteiger partial charge in [0.15, 0.2) is 16.0 Å². The molecule has 2 heterocycles. The monoisotopic (exact) mass is 400 g/mol. The highest BCUT2D eigenvalue weighted by Crippen LogP contribution is 2.25. The molecule has 0 saturated carbocycles. The average Bonchev–Trinajstić information content (AvgIpc) is 2.93. The maximum Gasteiger partial charge on any atom is 0.350 e. The third-order valence-corrected chi connectivity index (χ3v) is 4.76. The van der Waals surface area contributed by atoms with Gasteiger partial charge in [-0.15, -0.1) is 0 Å². The Kier molecular flexibility index (Phi) is 6.74. The molecule has 0 aliphatic heterocycles. The molecule has 2 aromatic rings. The van der Waals surface area contributed by atoms with E-state index in [9.17, 15) is 9.59 Å². The molecule has 0 aromatic carbocycles. The lowest BCUT2D eigenvalue weighted by Gasteiger charge is -2.05. The number of thioether (sulfide) groups is 1. The van der Waals surface area contributed by atoms with E-state index in [-0.39, 0.29) is 21.8 Å². The van der Waals surface area contributed by atoms with Gasteiger partial charge in [0.1, 0.15) is 4.88 Å². The molecule has 1 amide bonds. The number of ether oxygens (including phenoxy) is 1. The topological polar surface area (TPSA) is 94.1 Å². The fourth-order valence-corrected chi connectivity index (χ4v) is 3.08. The second-order valence-electron chi connectivity index (χ2n) is 5.43. The van der Waals surface area contributed by atoms with Gasteiger partial charge in [0.2, 0.25) is 0 Å².